The van der Waals surface area contributed by atoms with Gasteiger partial charge in [0, 0.05) is 48.9 Å². The summed E-state index contributed by atoms with van der Waals surface area (Å²) in [5.74, 6) is 1.69. The molecule has 4 aromatic rings. The monoisotopic (exact) mass is 403 g/mol. The van der Waals surface area contributed by atoms with Gasteiger partial charge >= 0.3 is 0 Å². The molecule has 0 fully saturated rings. The topological polar surface area (TPSA) is 91.2 Å². The number of nitrogens with one attached hydrogen (secondary N) is 1. The van der Waals surface area contributed by atoms with E-state index in [0.29, 0.717) is 30.2 Å². The number of benzene rings is 1. The third-order valence-electron chi connectivity index (χ3n) is 4.68. The summed E-state index contributed by atoms with van der Waals surface area (Å²) in [4.78, 5) is 25.9. The molecule has 30 heavy (non-hydrogen) atoms. The fourth-order valence-corrected chi connectivity index (χ4v) is 3.21. The molecule has 4 rings (SSSR count). The molecule has 0 aliphatic rings. The molecule has 0 aliphatic heterocycles. The van der Waals surface area contributed by atoms with Crippen LogP contribution in [0.4, 0.5) is 0 Å². The van der Waals surface area contributed by atoms with Crippen molar-refractivity contribution >= 4 is 17.1 Å². The van der Waals surface area contributed by atoms with E-state index in [9.17, 15) is 4.79 Å². The van der Waals surface area contributed by atoms with E-state index in [1.807, 2.05) is 28.8 Å². The summed E-state index contributed by atoms with van der Waals surface area (Å²) in [7, 11) is 3.10. The predicted octanol–water partition coefficient (Wildman–Crippen LogP) is 2.94. The smallest absolute Gasteiger partial charge is 0.251 e. The molecule has 3 heterocycles. The lowest BCUT2D eigenvalue weighted by molar-refractivity contribution is 0.0951. The highest BCUT2D eigenvalue weighted by atomic mass is 16.5. The largest absolute Gasteiger partial charge is 0.497 e. The Hall–Kier alpha value is -3.94. The first kappa shape index (κ1) is 19.4. The van der Waals surface area contributed by atoms with Gasteiger partial charge in [-0.25, -0.2) is 9.97 Å². The Balaban J connectivity index is 1.55. The van der Waals surface area contributed by atoms with Crippen LogP contribution in [0, 0.1) is 0 Å². The van der Waals surface area contributed by atoms with E-state index in [2.05, 4.69) is 15.3 Å². The summed E-state index contributed by atoms with van der Waals surface area (Å²) in [5, 5.41) is 2.94. The minimum atomic E-state index is -0.213. The van der Waals surface area contributed by atoms with E-state index in [1.165, 1.54) is 0 Å². The second-order valence-corrected chi connectivity index (χ2v) is 6.53. The fraction of sp³-hybridized carbons (Fsp3) is 0.182. The van der Waals surface area contributed by atoms with Crippen molar-refractivity contribution in [1.29, 1.82) is 0 Å². The number of rotatable bonds is 7. The molecule has 1 amide bonds. The summed E-state index contributed by atoms with van der Waals surface area (Å²) < 4.78 is 12.5. The number of carbonyl (C=O) groups is 1. The summed E-state index contributed by atoms with van der Waals surface area (Å²) in [6.45, 7) is 0.913. The van der Waals surface area contributed by atoms with Crippen LogP contribution in [0.3, 0.4) is 0 Å². The summed E-state index contributed by atoms with van der Waals surface area (Å²) >= 11 is 0. The van der Waals surface area contributed by atoms with E-state index < -0.39 is 0 Å². The van der Waals surface area contributed by atoms with Gasteiger partial charge in [0.1, 0.15) is 22.8 Å². The number of pyridine rings is 2. The highest BCUT2D eigenvalue weighted by Gasteiger charge is 2.14. The van der Waals surface area contributed by atoms with Crippen molar-refractivity contribution in [2.24, 2.45) is 0 Å². The normalized spacial score (nSPS) is 10.7. The molecule has 0 unspecified atom stereocenters. The van der Waals surface area contributed by atoms with Crippen LogP contribution < -0.4 is 14.8 Å². The number of methoxy groups -OCH3 is 2. The minimum Gasteiger partial charge on any atom is -0.497 e. The van der Waals surface area contributed by atoms with Crippen LogP contribution in [0.15, 0.2) is 61.1 Å². The molecule has 8 heteroatoms. The third-order valence-corrected chi connectivity index (χ3v) is 4.68. The highest BCUT2D eigenvalue weighted by Crippen LogP contribution is 2.24. The zero-order valence-corrected chi connectivity index (χ0v) is 16.7. The van der Waals surface area contributed by atoms with Crippen molar-refractivity contribution in [2.75, 3.05) is 20.8 Å². The van der Waals surface area contributed by atoms with Crippen LogP contribution in [0.1, 0.15) is 10.4 Å². The molecule has 0 spiro atoms. The second-order valence-electron chi connectivity index (χ2n) is 6.53. The van der Waals surface area contributed by atoms with E-state index in [0.717, 1.165) is 22.6 Å². The van der Waals surface area contributed by atoms with Gasteiger partial charge in [-0.05, 0) is 36.4 Å². The van der Waals surface area contributed by atoms with Crippen LogP contribution in [0.25, 0.3) is 22.6 Å². The number of amides is 1. The van der Waals surface area contributed by atoms with E-state index in [1.54, 1.807) is 51.0 Å². The van der Waals surface area contributed by atoms with Gasteiger partial charge in [-0.1, -0.05) is 0 Å². The summed E-state index contributed by atoms with van der Waals surface area (Å²) in [6, 6.07) is 12.7. The summed E-state index contributed by atoms with van der Waals surface area (Å²) in [5.41, 5.74) is 2.97. The average Bonchev–Trinajstić information content (AvgIpc) is 3.17. The molecule has 0 bridgehead atoms. The lowest BCUT2D eigenvalue weighted by Gasteiger charge is -2.11. The Kier molecular flexibility index (Phi) is 5.56. The molecule has 0 aliphatic carbocycles. The van der Waals surface area contributed by atoms with Gasteiger partial charge in [-0.3, -0.25) is 9.78 Å². The maximum Gasteiger partial charge on any atom is 0.251 e. The van der Waals surface area contributed by atoms with Gasteiger partial charge in [0.15, 0.2) is 5.65 Å². The first-order valence-electron chi connectivity index (χ1n) is 9.42. The van der Waals surface area contributed by atoms with Gasteiger partial charge in [0.05, 0.1) is 14.2 Å². The number of fused-ring (bicyclic) bond motifs is 1. The fourth-order valence-electron chi connectivity index (χ4n) is 3.21. The van der Waals surface area contributed by atoms with Crippen molar-refractivity contribution < 1.29 is 14.3 Å². The standard InChI is InChI=1S/C22H21N5O3/c1-29-17-12-16(13-18(14-17)30-2)22(28)25-10-11-27-20(15-5-8-23-9-6-15)26-19-4-3-7-24-21(19)27/h3-9,12-14H,10-11H2,1-2H3,(H,25,28). The Morgan fingerprint density at radius 3 is 2.47 bits per heavy atom. The molecular weight excluding hydrogens is 382 g/mol. The number of hydrogen-bond acceptors (Lipinski definition) is 6. The zero-order valence-electron chi connectivity index (χ0n) is 16.7. The molecule has 1 aromatic carbocycles. The molecule has 8 nitrogen and oxygen atoms in total. The molecule has 0 saturated carbocycles. The SMILES string of the molecule is COc1cc(OC)cc(C(=O)NCCn2c(-c3ccncc3)nc3cccnc32)c1. The number of imidazole rings is 1. The molecule has 0 saturated heterocycles. The Bertz CT molecular complexity index is 1150. The molecule has 152 valence electrons. The number of ether oxygens (including phenoxy) is 2. The molecular formula is C22H21N5O3. The lowest BCUT2D eigenvalue weighted by atomic mass is 10.2. The van der Waals surface area contributed by atoms with Gasteiger partial charge < -0.3 is 19.4 Å². The van der Waals surface area contributed by atoms with Gasteiger partial charge in [0.2, 0.25) is 0 Å². The average molecular weight is 403 g/mol. The van der Waals surface area contributed by atoms with Gasteiger partial charge in [0.25, 0.3) is 5.91 Å². The number of carbonyl (C=O) groups excluding carboxylic acids is 1. The predicted molar refractivity (Wildman–Crippen MR) is 113 cm³/mol. The number of nitrogens with zero attached hydrogens (tertiary/aromatic N) is 4. The maximum absolute atomic E-state index is 12.7. The first-order valence-corrected chi connectivity index (χ1v) is 9.42. The molecule has 0 atom stereocenters. The van der Waals surface area contributed by atoms with Crippen molar-refractivity contribution in [2.45, 2.75) is 6.54 Å². The van der Waals surface area contributed by atoms with E-state index >= 15 is 0 Å². The maximum atomic E-state index is 12.7. The third kappa shape index (κ3) is 3.93. The van der Waals surface area contributed by atoms with Gasteiger partial charge in [-0.2, -0.15) is 0 Å². The first-order chi connectivity index (χ1) is 14.7. The van der Waals surface area contributed by atoms with Crippen molar-refractivity contribution in [3.8, 4) is 22.9 Å². The van der Waals surface area contributed by atoms with Crippen molar-refractivity contribution in [3.05, 3.63) is 66.6 Å². The van der Waals surface area contributed by atoms with Crippen LogP contribution in [0.5, 0.6) is 11.5 Å². The van der Waals surface area contributed by atoms with Crippen LogP contribution in [-0.2, 0) is 6.54 Å². The Morgan fingerprint density at radius 2 is 1.77 bits per heavy atom. The van der Waals surface area contributed by atoms with Crippen molar-refractivity contribution in [1.82, 2.24) is 24.8 Å². The minimum absolute atomic E-state index is 0.213. The molecule has 1 N–H and O–H groups in total. The van der Waals surface area contributed by atoms with E-state index in [4.69, 9.17) is 14.5 Å². The van der Waals surface area contributed by atoms with Crippen LogP contribution in [0.2, 0.25) is 0 Å². The van der Waals surface area contributed by atoms with E-state index in [-0.39, 0.29) is 5.91 Å². The number of hydrogen-bond donors (Lipinski definition) is 1. The van der Waals surface area contributed by atoms with Crippen LogP contribution >= 0.6 is 0 Å². The summed E-state index contributed by atoms with van der Waals surface area (Å²) in [6.07, 6.45) is 5.19. The molecule has 0 radical (unpaired) electrons. The number of aromatic nitrogens is 4. The highest BCUT2D eigenvalue weighted by molar-refractivity contribution is 5.95. The lowest BCUT2D eigenvalue weighted by Crippen LogP contribution is -2.27. The molecule has 3 aromatic heterocycles. The zero-order chi connectivity index (χ0) is 20.9. The Labute approximate surface area is 173 Å². The van der Waals surface area contributed by atoms with Crippen LogP contribution in [-0.4, -0.2) is 46.2 Å². The van der Waals surface area contributed by atoms with Gasteiger partial charge in [-0.15, -0.1) is 0 Å². The second kappa shape index (κ2) is 8.60. The van der Waals surface area contributed by atoms with Crippen molar-refractivity contribution in [3.63, 3.8) is 0 Å². The quantitative estimate of drug-likeness (QED) is 0.510. The Morgan fingerprint density at radius 1 is 1.03 bits per heavy atom.